The molecule has 1 N–H and O–H groups in total. The fraction of sp³-hybridized carbons (Fsp3) is 0.471. The minimum Gasteiger partial charge on any atom is -0.463 e. The van der Waals surface area contributed by atoms with Crippen molar-refractivity contribution in [1.82, 2.24) is 15.2 Å². The molecule has 4 nitrogen and oxygen atoms in total. The van der Waals surface area contributed by atoms with Gasteiger partial charge in [0.15, 0.2) is 0 Å². The van der Waals surface area contributed by atoms with Crippen LogP contribution in [0.3, 0.4) is 0 Å². The van der Waals surface area contributed by atoms with Crippen molar-refractivity contribution in [2.24, 2.45) is 0 Å². The average Bonchev–Trinajstić information content (AvgIpc) is 3.22. The van der Waals surface area contributed by atoms with Gasteiger partial charge in [-0.1, -0.05) is 0 Å². The van der Waals surface area contributed by atoms with Gasteiger partial charge in [-0.05, 0) is 56.1 Å². The number of hydrogen-bond acceptors (Lipinski definition) is 4. The van der Waals surface area contributed by atoms with E-state index in [1.54, 1.807) is 0 Å². The standard InChI is InChI=1S/C17H23N3O/c1-13-9-16(21-17(13)10-19-15-3-4-15)12-20(2)11-14-5-7-18-8-6-14/h5-9,15,19H,3-4,10-12H2,1-2H3. The molecule has 0 spiro atoms. The van der Waals surface area contributed by atoms with Crippen LogP contribution in [0.5, 0.6) is 0 Å². The van der Waals surface area contributed by atoms with Crippen molar-refractivity contribution in [3.05, 3.63) is 53.2 Å². The summed E-state index contributed by atoms with van der Waals surface area (Å²) >= 11 is 0. The fourth-order valence-corrected chi connectivity index (χ4v) is 2.49. The highest BCUT2D eigenvalue weighted by molar-refractivity contribution is 5.20. The van der Waals surface area contributed by atoms with Crippen LogP contribution in [0.25, 0.3) is 0 Å². The Labute approximate surface area is 126 Å². The highest BCUT2D eigenvalue weighted by atomic mass is 16.3. The molecular formula is C17H23N3O. The van der Waals surface area contributed by atoms with E-state index in [1.807, 2.05) is 12.4 Å². The summed E-state index contributed by atoms with van der Waals surface area (Å²) in [5.74, 6) is 2.12. The molecule has 112 valence electrons. The monoisotopic (exact) mass is 285 g/mol. The number of hydrogen-bond donors (Lipinski definition) is 1. The molecule has 3 rings (SSSR count). The maximum Gasteiger partial charge on any atom is 0.120 e. The molecular weight excluding hydrogens is 262 g/mol. The van der Waals surface area contributed by atoms with E-state index in [4.69, 9.17) is 4.42 Å². The Hall–Kier alpha value is -1.65. The topological polar surface area (TPSA) is 41.3 Å². The van der Waals surface area contributed by atoms with E-state index in [9.17, 15) is 0 Å². The van der Waals surface area contributed by atoms with Crippen LogP contribution in [0.4, 0.5) is 0 Å². The molecule has 1 fully saturated rings. The number of nitrogens with zero attached hydrogens (tertiary/aromatic N) is 2. The third kappa shape index (κ3) is 4.16. The molecule has 1 aliphatic carbocycles. The first-order chi connectivity index (χ1) is 10.2. The Bertz CT molecular complexity index is 575. The Morgan fingerprint density at radius 1 is 1.29 bits per heavy atom. The van der Waals surface area contributed by atoms with Gasteiger partial charge in [-0.2, -0.15) is 0 Å². The molecule has 0 aliphatic heterocycles. The third-order valence-corrected chi connectivity index (χ3v) is 3.83. The summed E-state index contributed by atoms with van der Waals surface area (Å²) in [6.45, 7) is 4.70. The van der Waals surface area contributed by atoms with Crippen molar-refractivity contribution < 1.29 is 4.42 Å². The predicted octanol–water partition coefficient (Wildman–Crippen LogP) is 2.87. The number of furan rings is 1. The molecule has 0 atom stereocenters. The first-order valence-electron chi connectivity index (χ1n) is 7.60. The molecule has 0 amide bonds. The van der Waals surface area contributed by atoms with Crippen LogP contribution in [0, 0.1) is 6.92 Å². The lowest BCUT2D eigenvalue weighted by Crippen LogP contribution is -2.17. The molecule has 0 aromatic carbocycles. The van der Waals surface area contributed by atoms with Crippen molar-refractivity contribution >= 4 is 0 Å². The SMILES string of the molecule is Cc1cc(CN(C)Cc2ccncc2)oc1CNC1CC1. The van der Waals surface area contributed by atoms with Gasteiger partial charge in [0.1, 0.15) is 11.5 Å². The van der Waals surface area contributed by atoms with Gasteiger partial charge in [0.2, 0.25) is 0 Å². The van der Waals surface area contributed by atoms with E-state index in [-0.39, 0.29) is 0 Å². The molecule has 0 unspecified atom stereocenters. The summed E-state index contributed by atoms with van der Waals surface area (Å²) in [6, 6.07) is 6.98. The van der Waals surface area contributed by atoms with Crippen molar-refractivity contribution in [2.45, 2.75) is 45.4 Å². The zero-order valence-electron chi connectivity index (χ0n) is 12.8. The zero-order chi connectivity index (χ0) is 14.7. The highest BCUT2D eigenvalue weighted by Crippen LogP contribution is 2.21. The molecule has 2 aromatic rings. The quantitative estimate of drug-likeness (QED) is 0.849. The maximum absolute atomic E-state index is 5.98. The van der Waals surface area contributed by atoms with Gasteiger partial charge in [-0.15, -0.1) is 0 Å². The van der Waals surface area contributed by atoms with Crippen LogP contribution in [0.2, 0.25) is 0 Å². The lowest BCUT2D eigenvalue weighted by molar-refractivity contribution is 0.282. The summed E-state index contributed by atoms with van der Waals surface area (Å²) in [7, 11) is 2.11. The predicted molar refractivity (Wildman–Crippen MR) is 82.7 cm³/mol. The minimum atomic E-state index is 0.715. The van der Waals surface area contributed by atoms with Crippen LogP contribution in [-0.4, -0.2) is 23.0 Å². The van der Waals surface area contributed by atoms with E-state index in [2.05, 4.69) is 47.4 Å². The van der Waals surface area contributed by atoms with E-state index in [0.717, 1.165) is 31.2 Å². The van der Waals surface area contributed by atoms with Crippen LogP contribution in [0.1, 0.15) is 35.5 Å². The van der Waals surface area contributed by atoms with Crippen LogP contribution in [0.15, 0.2) is 35.0 Å². The molecule has 0 radical (unpaired) electrons. The first-order valence-corrected chi connectivity index (χ1v) is 7.60. The Morgan fingerprint density at radius 2 is 2.05 bits per heavy atom. The summed E-state index contributed by atoms with van der Waals surface area (Å²) < 4.78 is 5.98. The molecule has 0 saturated heterocycles. The molecule has 0 bridgehead atoms. The fourth-order valence-electron chi connectivity index (χ4n) is 2.49. The van der Waals surface area contributed by atoms with Crippen molar-refractivity contribution in [3.63, 3.8) is 0 Å². The van der Waals surface area contributed by atoms with E-state index in [1.165, 1.54) is 24.0 Å². The number of aromatic nitrogens is 1. The highest BCUT2D eigenvalue weighted by Gasteiger charge is 2.21. The molecule has 4 heteroatoms. The van der Waals surface area contributed by atoms with E-state index in [0.29, 0.717) is 6.04 Å². The maximum atomic E-state index is 5.98. The van der Waals surface area contributed by atoms with Crippen LogP contribution >= 0.6 is 0 Å². The lowest BCUT2D eigenvalue weighted by Gasteiger charge is -2.14. The lowest BCUT2D eigenvalue weighted by atomic mass is 10.2. The third-order valence-electron chi connectivity index (χ3n) is 3.83. The summed E-state index contributed by atoms with van der Waals surface area (Å²) in [5, 5.41) is 3.51. The van der Waals surface area contributed by atoms with Gasteiger partial charge in [-0.25, -0.2) is 0 Å². The number of aryl methyl sites for hydroxylation is 1. The Balaban J connectivity index is 1.55. The van der Waals surface area contributed by atoms with Gasteiger partial charge in [-0.3, -0.25) is 9.88 Å². The second-order valence-corrected chi connectivity index (χ2v) is 6.00. The van der Waals surface area contributed by atoms with Gasteiger partial charge >= 0.3 is 0 Å². The summed E-state index contributed by atoms with van der Waals surface area (Å²) in [4.78, 5) is 6.30. The smallest absolute Gasteiger partial charge is 0.120 e. The minimum absolute atomic E-state index is 0.715. The van der Waals surface area contributed by atoms with Crippen LogP contribution < -0.4 is 5.32 Å². The summed E-state index contributed by atoms with van der Waals surface area (Å²) in [6.07, 6.45) is 6.28. The molecule has 2 heterocycles. The second-order valence-electron chi connectivity index (χ2n) is 6.00. The second kappa shape index (κ2) is 6.41. The van der Waals surface area contributed by atoms with Gasteiger partial charge in [0.25, 0.3) is 0 Å². The normalized spacial score (nSPS) is 14.8. The van der Waals surface area contributed by atoms with Crippen molar-refractivity contribution in [2.75, 3.05) is 7.05 Å². The largest absolute Gasteiger partial charge is 0.463 e. The van der Waals surface area contributed by atoms with Gasteiger partial charge in [0, 0.05) is 25.0 Å². The van der Waals surface area contributed by atoms with E-state index >= 15 is 0 Å². The zero-order valence-corrected chi connectivity index (χ0v) is 12.8. The van der Waals surface area contributed by atoms with Crippen LogP contribution in [-0.2, 0) is 19.6 Å². The molecule has 1 saturated carbocycles. The van der Waals surface area contributed by atoms with Crippen molar-refractivity contribution in [1.29, 1.82) is 0 Å². The van der Waals surface area contributed by atoms with Gasteiger partial charge in [0.05, 0.1) is 13.1 Å². The summed E-state index contributed by atoms with van der Waals surface area (Å²) in [5.41, 5.74) is 2.52. The Morgan fingerprint density at radius 3 is 2.76 bits per heavy atom. The first kappa shape index (κ1) is 14.3. The number of pyridine rings is 1. The average molecular weight is 285 g/mol. The Kier molecular flexibility index (Phi) is 4.36. The van der Waals surface area contributed by atoms with Gasteiger partial charge < -0.3 is 9.73 Å². The van der Waals surface area contributed by atoms with Crippen molar-refractivity contribution in [3.8, 4) is 0 Å². The molecule has 1 aliphatic rings. The van der Waals surface area contributed by atoms with E-state index < -0.39 is 0 Å². The number of rotatable bonds is 7. The molecule has 2 aromatic heterocycles. The molecule has 21 heavy (non-hydrogen) atoms. The number of nitrogens with one attached hydrogen (secondary N) is 1.